The topological polar surface area (TPSA) is 66.9 Å². The number of ether oxygens (including phenoxy) is 1. The summed E-state index contributed by atoms with van der Waals surface area (Å²) < 4.78 is 33.0. The number of rotatable bonds is 6. The van der Waals surface area contributed by atoms with Crippen molar-refractivity contribution in [3.8, 4) is 5.75 Å². The van der Waals surface area contributed by atoms with Crippen LogP contribution < -0.4 is 9.04 Å². The summed E-state index contributed by atoms with van der Waals surface area (Å²) in [6.07, 6.45) is 2.93. The molecule has 1 fully saturated rings. The Morgan fingerprint density at radius 1 is 1.03 bits per heavy atom. The van der Waals surface area contributed by atoms with Gasteiger partial charge in [-0.2, -0.15) is 0 Å². The molecule has 1 saturated heterocycles. The fourth-order valence-corrected chi connectivity index (χ4v) is 5.00. The molecule has 0 atom stereocenters. The van der Waals surface area contributed by atoms with E-state index in [-0.39, 0.29) is 27.4 Å². The first-order valence-corrected chi connectivity index (χ1v) is 11.4. The number of sulfonamides is 1. The van der Waals surface area contributed by atoms with Crippen LogP contribution in [-0.4, -0.2) is 46.0 Å². The Kier molecular flexibility index (Phi) is 6.93. The summed E-state index contributed by atoms with van der Waals surface area (Å²) in [6, 6.07) is 10.6. The van der Waals surface area contributed by atoms with E-state index in [0.717, 1.165) is 23.6 Å². The van der Waals surface area contributed by atoms with Gasteiger partial charge < -0.3 is 9.64 Å². The SMILES string of the molecule is COc1ccc(N(CC(=O)N2CCCCC2)S(=O)(=O)c2ccc(Cl)c(Cl)c2)cc1. The van der Waals surface area contributed by atoms with Crippen molar-refractivity contribution < 1.29 is 17.9 Å². The van der Waals surface area contributed by atoms with Crippen LogP contribution in [0.2, 0.25) is 10.0 Å². The summed E-state index contributed by atoms with van der Waals surface area (Å²) >= 11 is 12.0. The lowest BCUT2D eigenvalue weighted by atomic mass is 10.1. The van der Waals surface area contributed by atoms with Crippen molar-refractivity contribution in [2.75, 3.05) is 31.0 Å². The van der Waals surface area contributed by atoms with E-state index in [4.69, 9.17) is 27.9 Å². The molecule has 1 aliphatic heterocycles. The average molecular weight is 457 g/mol. The summed E-state index contributed by atoms with van der Waals surface area (Å²) in [5.74, 6) is 0.354. The van der Waals surface area contributed by atoms with Crippen LogP contribution in [0.5, 0.6) is 5.75 Å². The van der Waals surface area contributed by atoms with Crippen LogP contribution in [0.3, 0.4) is 0 Å². The Hall–Kier alpha value is -1.96. The second-order valence-electron chi connectivity index (χ2n) is 6.73. The first-order valence-electron chi connectivity index (χ1n) is 9.22. The lowest BCUT2D eigenvalue weighted by Crippen LogP contribution is -2.44. The largest absolute Gasteiger partial charge is 0.497 e. The normalized spacial score (nSPS) is 14.5. The van der Waals surface area contributed by atoms with Gasteiger partial charge in [-0.1, -0.05) is 23.2 Å². The maximum Gasteiger partial charge on any atom is 0.264 e. The number of hydrogen-bond donors (Lipinski definition) is 0. The van der Waals surface area contributed by atoms with Crippen LogP contribution in [0.25, 0.3) is 0 Å². The van der Waals surface area contributed by atoms with Crippen LogP contribution in [0.4, 0.5) is 5.69 Å². The number of carbonyl (C=O) groups excluding carboxylic acids is 1. The first-order chi connectivity index (χ1) is 13.8. The Bertz CT molecular complexity index is 974. The zero-order valence-electron chi connectivity index (χ0n) is 16.0. The molecule has 9 heteroatoms. The maximum atomic E-state index is 13.4. The number of amides is 1. The second kappa shape index (κ2) is 9.24. The van der Waals surface area contributed by atoms with Gasteiger partial charge in [0.15, 0.2) is 0 Å². The fraction of sp³-hybridized carbons (Fsp3) is 0.350. The Balaban J connectivity index is 1.98. The van der Waals surface area contributed by atoms with Crippen molar-refractivity contribution in [2.24, 2.45) is 0 Å². The molecule has 0 unspecified atom stereocenters. The molecule has 0 saturated carbocycles. The van der Waals surface area contributed by atoms with Crippen molar-refractivity contribution in [2.45, 2.75) is 24.2 Å². The number of benzene rings is 2. The quantitative estimate of drug-likeness (QED) is 0.652. The van der Waals surface area contributed by atoms with E-state index in [1.165, 1.54) is 25.3 Å². The summed E-state index contributed by atoms with van der Waals surface area (Å²) in [7, 11) is -2.52. The van der Waals surface area contributed by atoms with Gasteiger partial charge in [0.1, 0.15) is 12.3 Å². The van der Waals surface area contributed by atoms with Gasteiger partial charge in [0.25, 0.3) is 10.0 Å². The number of halogens is 2. The summed E-state index contributed by atoms with van der Waals surface area (Å²) in [6.45, 7) is 0.985. The van der Waals surface area contributed by atoms with Crippen molar-refractivity contribution in [3.05, 3.63) is 52.5 Å². The van der Waals surface area contributed by atoms with Crippen molar-refractivity contribution in [1.29, 1.82) is 0 Å². The van der Waals surface area contributed by atoms with Crippen LogP contribution >= 0.6 is 23.2 Å². The molecule has 29 heavy (non-hydrogen) atoms. The van der Waals surface area contributed by atoms with Gasteiger partial charge in [0, 0.05) is 13.1 Å². The van der Waals surface area contributed by atoms with Crippen LogP contribution in [0.1, 0.15) is 19.3 Å². The zero-order chi connectivity index (χ0) is 21.0. The van der Waals surface area contributed by atoms with Gasteiger partial charge in [-0.05, 0) is 61.7 Å². The van der Waals surface area contributed by atoms with E-state index >= 15 is 0 Å². The number of carbonyl (C=O) groups is 1. The van der Waals surface area contributed by atoms with Crippen molar-refractivity contribution in [3.63, 3.8) is 0 Å². The minimum atomic E-state index is -4.04. The highest BCUT2D eigenvalue weighted by Gasteiger charge is 2.30. The number of methoxy groups -OCH3 is 1. The molecule has 1 aliphatic rings. The monoisotopic (exact) mass is 456 g/mol. The van der Waals surface area contributed by atoms with Gasteiger partial charge in [-0.3, -0.25) is 9.10 Å². The minimum absolute atomic E-state index is 0.0332. The molecule has 1 heterocycles. The van der Waals surface area contributed by atoms with Gasteiger partial charge in [0.05, 0.1) is 27.7 Å². The van der Waals surface area contributed by atoms with Crippen LogP contribution in [0, 0.1) is 0 Å². The molecule has 2 aromatic carbocycles. The van der Waals surface area contributed by atoms with Crippen LogP contribution in [0.15, 0.2) is 47.4 Å². The lowest BCUT2D eigenvalue weighted by molar-refractivity contribution is -0.130. The highest BCUT2D eigenvalue weighted by Crippen LogP contribution is 2.30. The molecule has 1 amide bonds. The zero-order valence-corrected chi connectivity index (χ0v) is 18.3. The molecule has 2 aromatic rings. The van der Waals surface area contributed by atoms with Gasteiger partial charge in [-0.15, -0.1) is 0 Å². The second-order valence-corrected chi connectivity index (χ2v) is 9.40. The Morgan fingerprint density at radius 3 is 2.28 bits per heavy atom. The van der Waals surface area contributed by atoms with Gasteiger partial charge >= 0.3 is 0 Å². The molecule has 0 spiro atoms. The van der Waals surface area contributed by atoms with Gasteiger partial charge in [0.2, 0.25) is 5.91 Å². The van der Waals surface area contributed by atoms with Crippen molar-refractivity contribution in [1.82, 2.24) is 4.90 Å². The van der Waals surface area contributed by atoms with E-state index in [1.54, 1.807) is 29.2 Å². The molecule has 3 rings (SSSR count). The number of nitrogens with zero attached hydrogens (tertiary/aromatic N) is 2. The molecule has 156 valence electrons. The van der Waals surface area contributed by atoms with E-state index in [1.807, 2.05) is 0 Å². The molecule has 0 aromatic heterocycles. The predicted octanol–water partition coefficient (Wildman–Crippen LogP) is 4.21. The van der Waals surface area contributed by atoms with E-state index in [2.05, 4.69) is 0 Å². The van der Waals surface area contributed by atoms with Crippen LogP contribution in [-0.2, 0) is 14.8 Å². The first kappa shape index (κ1) is 21.7. The summed E-state index contributed by atoms with van der Waals surface area (Å²) in [5.41, 5.74) is 0.363. The van der Waals surface area contributed by atoms with Gasteiger partial charge in [-0.25, -0.2) is 8.42 Å². The summed E-state index contributed by atoms with van der Waals surface area (Å²) in [5, 5.41) is 0.385. The Morgan fingerprint density at radius 2 is 1.69 bits per heavy atom. The fourth-order valence-electron chi connectivity index (χ4n) is 3.19. The highest BCUT2D eigenvalue weighted by atomic mass is 35.5. The average Bonchev–Trinajstić information content (AvgIpc) is 2.74. The molecule has 6 nitrogen and oxygen atoms in total. The predicted molar refractivity (Wildman–Crippen MR) is 114 cm³/mol. The highest BCUT2D eigenvalue weighted by molar-refractivity contribution is 7.92. The number of likely N-dealkylation sites (tertiary alicyclic amines) is 1. The maximum absolute atomic E-state index is 13.4. The standard InChI is InChI=1S/C20H22Cl2N2O4S/c1-28-16-7-5-15(6-8-16)24(14-20(25)23-11-3-2-4-12-23)29(26,27)17-9-10-18(21)19(22)13-17/h5-10,13H,2-4,11-12,14H2,1H3. The molecule has 0 aliphatic carbocycles. The van der Waals surface area contributed by atoms with E-state index in [0.29, 0.717) is 24.5 Å². The van der Waals surface area contributed by atoms with E-state index < -0.39 is 10.0 Å². The van der Waals surface area contributed by atoms with E-state index in [9.17, 15) is 13.2 Å². The minimum Gasteiger partial charge on any atom is -0.497 e. The molecule has 0 bridgehead atoms. The molecule has 0 N–H and O–H groups in total. The summed E-state index contributed by atoms with van der Waals surface area (Å²) in [4.78, 5) is 14.5. The Labute approximate surface area is 181 Å². The smallest absolute Gasteiger partial charge is 0.264 e. The molecule has 0 radical (unpaired) electrons. The number of anilines is 1. The van der Waals surface area contributed by atoms with Crippen molar-refractivity contribution >= 4 is 44.8 Å². The third kappa shape index (κ3) is 4.97. The molecular formula is C20H22Cl2N2O4S. The number of piperidine rings is 1. The number of hydrogen-bond acceptors (Lipinski definition) is 4. The third-order valence-corrected chi connectivity index (χ3v) is 7.34. The third-order valence-electron chi connectivity index (χ3n) is 4.83. The lowest BCUT2D eigenvalue weighted by Gasteiger charge is -2.30. The molecular weight excluding hydrogens is 435 g/mol.